The monoisotopic (exact) mass is 264 g/mol. The van der Waals surface area contributed by atoms with E-state index in [0.29, 0.717) is 11.1 Å². The van der Waals surface area contributed by atoms with Gasteiger partial charge in [-0.15, -0.1) is 0 Å². The second-order valence-electron chi connectivity index (χ2n) is 4.41. The van der Waals surface area contributed by atoms with Crippen LogP contribution >= 0.6 is 0 Å². The van der Waals surface area contributed by atoms with E-state index < -0.39 is 17.0 Å². The molecule has 0 aromatic heterocycles. The molecular weight excluding hydrogens is 250 g/mol. The molecule has 0 aliphatic heterocycles. The van der Waals surface area contributed by atoms with Crippen LogP contribution in [-0.4, -0.2) is 23.4 Å². The number of rotatable bonds is 4. The molecule has 2 aromatic rings. The van der Waals surface area contributed by atoms with Crippen molar-refractivity contribution in [3.05, 3.63) is 71.3 Å². The molecule has 0 aliphatic rings. The zero-order valence-corrected chi connectivity index (χ0v) is 10.2. The molecule has 0 saturated carbocycles. The van der Waals surface area contributed by atoms with E-state index in [-0.39, 0.29) is 13.2 Å². The van der Waals surface area contributed by atoms with Crippen molar-refractivity contribution >= 4 is 0 Å². The molecule has 2 rings (SSSR count). The third-order valence-corrected chi connectivity index (χ3v) is 3.33. The predicted octanol–water partition coefficient (Wildman–Crippen LogP) is 2.24. The minimum atomic E-state index is -1.07. The molecular formula is C15H14F2O2. The maximum atomic E-state index is 13.0. The van der Waals surface area contributed by atoms with Gasteiger partial charge in [-0.25, -0.2) is 8.78 Å². The van der Waals surface area contributed by atoms with E-state index in [1.54, 1.807) is 0 Å². The lowest BCUT2D eigenvalue weighted by atomic mass is 9.76. The number of benzene rings is 2. The minimum absolute atomic E-state index is 0.360. The molecule has 4 heteroatoms. The zero-order valence-electron chi connectivity index (χ0n) is 10.2. The highest BCUT2D eigenvalue weighted by Gasteiger charge is 2.33. The van der Waals surface area contributed by atoms with E-state index in [1.165, 1.54) is 48.5 Å². The van der Waals surface area contributed by atoms with Crippen LogP contribution in [-0.2, 0) is 5.41 Å². The second-order valence-corrected chi connectivity index (χ2v) is 4.41. The van der Waals surface area contributed by atoms with Crippen LogP contribution in [0.2, 0.25) is 0 Å². The van der Waals surface area contributed by atoms with Gasteiger partial charge in [-0.05, 0) is 35.4 Å². The highest BCUT2D eigenvalue weighted by molar-refractivity contribution is 5.40. The number of aliphatic hydroxyl groups excluding tert-OH is 2. The summed E-state index contributed by atoms with van der Waals surface area (Å²) >= 11 is 0. The Morgan fingerprint density at radius 1 is 0.684 bits per heavy atom. The number of hydrogen-bond acceptors (Lipinski definition) is 2. The molecule has 0 radical (unpaired) electrons. The van der Waals surface area contributed by atoms with Crippen molar-refractivity contribution in [2.45, 2.75) is 5.41 Å². The third kappa shape index (κ3) is 2.50. The Morgan fingerprint density at radius 3 is 1.26 bits per heavy atom. The van der Waals surface area contributed by atoms with E-state index in [4.69, 9.17) is 0 Å². The highest BCUT2D eigenvalue weighted by Crippen LogP contribution is 2.31. The molecule has 2 N–H and O–H groups in total. The maximum Gasteiger partial charge on any atom is 0.123 e. The summed E-state index contributed by atoms with van der Waals surface area (Å²) in [6, 6.07) is 11.1. The fourth-order valence-corrected chi connectivity index (χ4v) is 2.12. The van der Waals surface area contributed by atoms with Crippen molar-refractivity contribution in [3.8, 4) is 0 Å². The first-order valence-corrected chi connectivity index (χ1v) is 5.86. The first-order valence-electron chi connectivity index (χ1n) is 5.86. The molecule has 0 aliphatic carbocycles. The van der Waals surface area contributed by atoms with Crippen molar-refractivity contribution in [2.75, 3.05) is 13.2 Å². The van der Waals surface area contributed by atoms with Gasteiger partial charge in [-0.2, -0.15) is 0 Å². The van der Waals surface area contributed by atoms with Crippen molar-refractivity contribution in [1.29, 1.82) is 0 Å². The molecule has 100 valence electrons. The first-order chi connectivity index (χ1) is 9.12. The number of hydrogen-bond donors (Lipinski definition) is 2. The first kappa shape index (κ1) is 13.6. The predicted molar refractivity (Wildman–Crippen MR) is 67.8 cm³/mol. The van der Waals surface area contributed by atoms with Crippen LogP contribution in [0, 0.1) is 11.6 Å². The molecule has 2 nitrogen and oxygen atoms in total. The maximum absolute atomic E-state index is 13.0. The molecule has 0 amide bonds. The van der Waals surface area contributed by atoms with E-state index in [0.717, 1.165) is 0 Å². The van der Waals surface area contributed by atoms with Gasteiger partial charge in [0.1, 0.15) is 11.6 Å². The molecule has 0 heterocycles. The summed E-state index contributed by atoms with van der Waals surface area (Å²) in [5.74, 6) is -0.791. The Morgan fingerprint density at radius 2 is 1.00 bits per heavy atom. The molecule has 0 saturated heterocycles. The fraction of sp³-hybridized carbons (Fsp3) is 0.200. The summed E-state index contributed by atoms with van der Waals surface area (Å²) in [5, 5.41) is 19.3. The lowest BCUT2D eigenvalue weighted by Crippen LogP contribution is -2.36. The van der Waals surface area contributed by atoms with Gasteiger partial charge < -0.3 is 10.2 Å². The largest absolute Gasteiger partial charge is 0.395 e. The van der Waals surface area contributed by atoms with Crippen LogP contribution in [0.15, 0.2) is 48.5 Å². The van der Waals surface area contributed by atoms with Crippen molar-refractivity contribution in [3.63, 3.8) is 0 Å². The van der Waals surface area contributed by atoms with Crippen LogP contribution in [0.3, 0.4) is 0 Å². The Bertz CT molecular complexity index is 484. The van der Waals surface area contributed by atoms with Gasteiger partial charge in [0.05, 0.1) is 18.6 Å². The van der Waals surface area contributed by atoms with Crippen molar-refractivity contribution < 1.29 is 19.0 Å². The topological polar surface area (TPSA) is 40.5 Å². The van der Waals surface area contributed by atoms with Crippen LogP contribution in [0.1, 0.15) is 11.1 Å². The normalized spacial score (nSPS) is 11.6. The van der Waals surface area contributed by atoms with Crippen LogP contribution in [0.5, 0.6) is 0 Å². The van der Waals surface area contributed by atoms with Gasteiger partial charge in [0.2, 0.25) is 0 Å². The van der Waals surface area contributed by atoms with E-state index >= 15 is 0 Å². The molecule has 0 bridgehead atoms. The molecule has 0 unspecified atom stereocenters. The summed E-state index contributed by atoms with van der Waals surface area (Å²) in [6.45, 7) is -0.721. The van der Waals surface area contributed by atoms with Crippen molar-refractivity contribution in [2.24, 2.45) is 0 Å². The quantitative estimate of drug-likeness (QED) is 0.889. The van der Waals surface area contributed by atoms with E-state index in [1.807, 2.05) is 0 Å². The summed E-state index contributed by atoms with van der Waals surface area (Å²) in [4.78, 5) is 0. The summed E-state index contributed by atoms with van der Waals surface area (Å²) in [6.07, 6.45) is 0. The summed E-state index contributed by atoms with van der Waals surface area (Å²) < 4.78 is 25.9. The molecule has 2 aromatic carbocycles. The van der Waals surface area contributed by atoms with E-state index in [9.17, 15) is 19.0 Å². The smallest absolute Gasteiger partial charge is 0.123 e. The lowest BCUT2D eigenvalue weighted by molar-refractivity contribution is 0.143. The summed E-state index contributed by atoms with van der Waals surface area (Å²) in [5.41, 5.74) is 0.0810. The Balaban J connectivity index is 2.53. The van der Waals surface area contributed by atoms with Crippen molar-refractivity contribution in [1.82, 2.24) is 0 Å². The Hall–Kier alpha value is -1.78. The van der Waals surface area contributed by atoms with Crippen LogP contribution in [0.4, 0.5) is 8.78 Å². The number of halogens is 2. The van der Waals surface area contributed by atoms with Gasteiger partial charge in [0, 0.05) is 0 Å². The standard InChI is InChI=1S/C15H14F2O2/c16-13-5-1-11(2-6-13)15(9-18,10-19)12-3-7-14(17)8-4-12/h1-8,18-19H,9-10H2. The molecule has 0 atom stereocenters. The SMILES string of the molecule is OCC(CO)(c1ccc(F)cc1)c1ccc(F)cc1. The average Bonchev–Trinajstić information content (AvgIpc) is 2.44. The number of aliphatic hydroxyl groups is 2. The van der Waals surface area contributed by atoms with E-state index in [2.05, 4.69) is 0 Å². The Labute approximate surface area is 110 Å². The molecule has 19 heavy (non-hydrogen) atoms. The van der Waals surface area contributed by atoms with Gasteiger partial charge in [-0.3, -0.25) is 0 Å². The zero-order chi connectivity index (χ0) is 13.9. The highest BCUT2D eigenvalue weighted by atomic mass is 19.1. The van der Waals surface area contributed by atoms with Crippen LogP contribution < -0.4 is 0 Å². The molecule has 0 fully saturated rings. The lowest BCUT2D eigenvalue weighted by Gasteiger charge is -2.31. The third-order valence-electron chi connectivity index (χ3n) is 3.33. The van der Waals surface area contributed by atoms with Gasteiger partial charge in [0.25, 0.3) is 0 Å². The minimum Gasteiger partial charge on any atom is -0.395 e. The van der Waals surface area contributed by atoms with Gasteiger partial charge in [0.15, 0.2) is 0 Å². The van der Waals surface area contributed by atoms with Crippen LogP contribution in [0.25, 0.3) is 0 Å². The van der Waals surface area contributed by atoms with Gasteiger partial charge in [-0.1, -0.05) is 24.3 Å². The molecule has 0 spiro atoms. The Kier molecular flexibility index (Phi) is 3.93. The van der Waals surface area contributed by atoms with Gasteiger partial charge >= 0.3 is 0 Å². The average molecular weight is 264 g/mol. The summed E-state index contributed by atoms with van der Waals surface area (Å²) in [7, 11) is 0. The second kappa shape index (κ2) is 5.47. The fourth-order valence-electron chi connectivity index (χ4n) is 2.12.